The molecule has 29 heavy (non-hydrogen) atoms. The quantitative estimate of drug-likeness (QED) is 0.397. The molecule has 1 aliphatic carbocycles. The first-order valence-electron chi connectivity index (χ1n) is 8.24. The van der Waals surface area contributed by atoms with Crippen LogP contribution in [-0.4, -0.2) is 19.0 Å². The number of hydrogen-bond acceptors (Lipinski definition) is 2. The second-order valence-corrected chi connectivity index (χ2v) is 6.59. The number of carbonyl (C=O) groups is 1. The summed E-state index contributed by atoms with van der Waals surface area (Å²) in [7, 11) is 1.65. The van der Waals surface area contributed by atoms with Crippen LogP contribution in [0.25, 0.3) is 0 Å². The number of benzene rings is 1. The number of rotatable bonds is 5. The first-order chi connectivity index (χ1) is 13.4. The Morgan fingerprint density at radius 1 is 0.931 bits per heavy atom. The monoisotopic (exact) mass is 432 g/mol. The van der Waals surface area contributed by atoms with Gasteiger partial charge >= 0.3 is 33.9 Å². The summed E-state index contributed by atoms with van der Waals surface area (Å²) in [5.74, 6) is 2.42. The van der Waals surface area contributed by atoms with E-state index in [2.05, 4.69) is 66.4 Å². The van der Waals surface area contributed by atoms with E-state index < -0.39 is 0 Å². The molecule has 0 aliphatic heterocycles. The van der Waals surface area contributed by atoms with Crippen molar-refractivity contribution in [2.45, 2.75) is 33.3 Å². The van der Waals surface area contributed by atoms with Crippen molar-refractivity contribution in [2.75, 3.05) is 7.11 Å². The third-order valence-electron chi connectivity index (χ3n) is 3.90. The van der Waals surface area contributed by atoms with Gasteiger partial charge in [0.25, 0.3) is 0 Å². The van der Waals surface area contributed by atoms with Crippen LogP contribution in [0.3, 0.4) is 0 Å². The van der Waals surface area contributed by atoms with Gasteiger partial charge in [0.1, 0.15) is 0 Å². The first-order valence-corrected chi connectivity index (χ1v) is 8.24. The van der Waals surface area contributed by atoms with Crippen LogP contribution >= 0.6 is 0 Å². The van der Waals surface area contributed by atoms with Gasteiger partial charge in [0.2, 0.25) is 0 Å². The van der Waals surface area contributed by atoms with E-state index >= 15 is 0 Å². The third-order valence-corrected chi connectivity index (χ3v) is 3.90. The zero-order chi connectivity index (χ0) is 22.2. The van der Waals surface area contributed by atoms with Crippen molar-refractivity contribution in [3.8, 4) is 0 Å². The normalized spacial score (nSPS) is 14.7. The molecule has 1 aromatic rings. The Morgan fingerprint density at radius 2 is 1.38 bits per heavy atom. The largest absolute Gasteiger partial charge is 0 e. The molecule has 0 saturated heterocycles. The minimum atomic E-state index is -0.207. The smallest absolute Gasteiger partial charge is 0 e. The SMILES string of the molecule is COC(CC(=O)c1ccccc1)[C]1[CH][CH][C](C(C)(C)C)[CH][CH]1.[C-]#[O+].[C-]#[O+].[C-]#[O+].[Cr]. The summed E-state index contributed by atoms with van der Waals surface area (Å²) >= 11 is 0. The van der Waals surface area contributed by atoms with E-state index in [-0.39, 0.29) is 34.7 Å². The Morgan fingerprint density at radius 3 is 1.76 bits per heavy atom. The zero-order valence-corrected chi connectivity index (χ0v) is 18.2. The summed E-state index contributed by atoms with van der Waals surface area (Å²) < 4.78 is 28.0. The van der Waals surface area contributed by atoms with Gasteiger partial charge in [-0.1, -0.05) is 51.1 Å². The number of ether oxygens (including phenoxy) is 1. The third kappa shape index (κ3) is 12.0. The van der Waals surface area contributed by atoms with E-state index in [0.29, 0.717) is 6.42 Å². The van der Waals surface area contributed by atoms with Gasteiger partial charge in [0, 0.05) is 42.4 Å². The van der Waals surface area contributed by atoms with Crippen molar-refractivity contribution >= 4 is 5.78 Å². The Labute approximate surface area is 185 Å². The van der Waals surface area contributed by atoms with E-state index in [4.69, 9.17) is 18.7 Å². The topological polar surface area (TPSA) is 86.0 Å². The predicted octanol–water partition coefficient (Wildman–Crippen LogP) is 4.19. The average Bonchev–Trinajstić information content (AvgIpc) is 2.76. The van der Waals surface area contributed by atoms with Crippen molar-refractivity contribution in [1.29, 1.82) is 0 Å². The number of hydrogen-bond donors (Lipinski definition) is 0. The van der Waals surface area contributed by atoms with Crippen molar-refractivity contribution in [2.24, 2.45) is 5.41 Å². The summed E-state index contributed by atoms with van der Waals surface area (Å²) in [6.45, 7) is 20.1. The number of Topliss-reactive ketones (excluding diaryl/α,β-unsaturated/α-hetero) is 1. The van der Waals surface area contributed by atoms with E-state index in [1.165, 1.54) is 5.92 Å². The molecule has 2 rings (SSSR count). The number of methoxy groups -OCH3 is 1. The molecule has 1 saturated carbocycles. The maximum absolute atomic E-state index is 12.3. The second-order valence-electron chi connectivity index (χ2n) is 6.59. The van der Waals surface area contributed by atoms with E-state index in [1.54, 1.807) is 7.11 Å². The maximum atomic E-state index is 12.3. The van der Waals surface area contributed by atoms with Crippen molar-refractivity contribution in [3.05, 3.63) is 93.4 Å². The number of ketones is 1. The summed E-state index contributed by atoms with van der Waals surface area (Å²) in [5.41, 5.74) is 0.858. The molecule has 0 spiro atoms. The van der Waals surface area contributed by atoms with Crippen LogP contribution in [0.4, 0.5) is 0 Å². The molecule has 1 aromatic carbocycles. The van der Waals surface area contributed by atoms with Gasteiger partial charge in [-0.15, -0.1) is 0 Å². The molecular formula is C23H24CrO5. The molecule has 0 bridgehead atoms. The summed E-state index contributed by atoms with van der Waals surface area (Å²) in [5, 5.41) is 0. The molecule has 0 N–H and O–H groups in total. The predicted molar refractivity (Wildman–Crippen MR) is 101 cm³/mol. The van der Waals surface area contributed by atoms with Gasteiger partial charge in [0.05, 0.1) is 6.10 Å². The van der Waals surface area contributed by atoms with Crippen molar-refractivity contribution < 1.29 is 40.8 Å². The molecule has 0 aromatic heterocycles. The van der Waals surface area contributed by atoms with Crippen LogP contribution < -0.4 is 0 Å². The maximum Gasteiger partial charge on any atom is 0 e. The van der Waals surface area contributed by atoms with Crippen LogP contribution in [0.2, 0.25) is 0 Å². The molecular weight excluding hydrogens is 408 g/mol. The minimum Gasteiger partial charge on any atom is 0 e. The van der Waals surface area contributed by atoms with Crippen LogP contribution in [0, 0.1) is 62.9 Å². The second kappa shape index (κ2) is 18.6. The van der Waals surface area contributed by atoms with Crippen LogP contribution in [0.5, 0.6) is 0 Å². The molecule has 1 fully saturated rings. The Hall–Kier alpha value is -1.40. The van der Waals surface area contributed by atoms with Crippen molar-refractivity contribution in [3.63, 3.8) is 0 Å². The van der Waals surface area contributed by atoms with Gasteiger partial charge in [-0.3, -0.25) is 4.79 Å². The van der Waals surface area contributed by atoms with Gasteiger partial charge < -0.3 is 4.74 Å². The van der Waals surface area contributed by atoms with Gasteiger partial charge in [-0.25, -0.2) is 0 Å². The Kier molecular flexibility index (Phi) is 20.7. The fraction of sp³-hybridized carbons (Fsp3) is 0.304. The average molecular weight is 432 g/mol. The fourth-order valence-electron chi connectivity index (χ4n) is 2.45. The molecule has 152 valence electrons. The van der Waals surface area contributed by atoms with Crippen LogP contribution in [0.1, 0.15) is 37.6 Å². The standard InChI is InChI=1S/C20H24O2.3CO.Cr/c1-20(2,3)17-12-10-16(11-13-17)19(22-4)14-18(21)15-8-6-5-7-9-15;3*1-2;/h5-13,19H,14H2,1-4H3;;;;. The summed E-state index contributed by atoms with van der Waals surface area (Å²) in [6, 6.07) is 9.37. The molecule has 0 heterocycles. The van der Waals surface area contributed by atoms with Gasteiger partial charge in [-0.05, 0) is 37.0 Å². The molecule has 6 radical (unpaired) electrons. The molecule has 1 aliphatic rings. The first kappa shape index (κ1) is 32.3. The van der Waals surface area contributed by atoms with Gasteiger partial charge in [-0.2, -0.15) is 0 Å². The van der Waals surface area contributed by atoms with Crippen molar-refractivity contribution in [1.82, 2.24) is 0 Å². The molecule has 1 atom stereocenters. The van der Waals surface area contributed by atoms with Gasteiger partial charge in [0.15, 0.2) is 5.78 Å². The Bertz CT molecular complexity index is 579. The summed E-state index contributed by atoms with van der Waals surface area (Å²) in [6.07, 6.45) is 8.51. The number of carbonyl (C=O) groups excluding carboxylic acids is 1. The molecule has 6 heteroatoms. The summed E-state index contributed by atoms with van der Waals surface area (Å²) in [4.78, 5) is 12.3. The van der Waals surface area contributed by atoms with E-state index in [9.17, 15) is 4.79 Å². The van der Waals surface area contributed by atoms with Crippen LogP contribution in [-0.2, 0) is 36.1 Å². The van der Waals surface area contributed by atoms with E-state index in [1.807, 2.05) is 30.3 Å². The minimum absolute atomic E-state index is 0. The Balaban J connectivity index is -0.000000883. The molecule has 0 amide bonds. The molecule has 1 unspecified atom stereocenters. The van der Waals surface area contributed by atoms with E-state index in [0.717, 1.165) is 11.5 Å². The van der Waals surface area contributed by atoms with Crippen LogP contribution in [0.15, 0.2) is 30.3 Å². The fourth-order valence-corrected chi connectivity index (χ4v) is 2.45. The molecule has 5 nitrogen and oxygen atoms in total. The zero-order valence-electron chi connectivity index (χ0n) is 16.9.